The molecule has 2 saturated heterocycles. The van der Waals surface area contributed by atoms with Gasteiger partial charge in [0.2, 0.25) is 5.91 Å². The van der Waals surface area contributed by atoms with Gasteiger partial charge in [-0.15, -0.1) is 0 Å². The predicted octanol–water partition coefficient (Wildman–Crippen LogP) is 2.80. The maximum absolute atomic E-state index is 13.2. The molecule has 2 aliphatic rings. The molecule has 31 heavy (non-hydrogen) atoms. The van der Waals surface area contributed by atoms with Gasteiger partial charge >= 0.3 is 0 Å². The van der Waals surface area contributed by atoms with Crippen molar-refractivity contribution in [3.63, 3.8) is 0 Å². The first-order valence-electron chi connectivity index (χ1n) is 11.5. The molecule has 0 saturated carbocycles. The summed E-state index contributed by atoms with van der Waals surface area (Å²) in [5.41, 5.74) is 1.48. The van der Waals surface area contributed by atoms with Gasteiger partial charge in [0.1, 0.15) is 6.04 Å². The number of piperidine rings is 2. The summed E-state index contributed by atoms with van der Waals surface area (Å²) < 4.78 is 0. The third kappa shape index (κ3) is 5.70. The lowest BCUT2D eigenvalue weighted by molar-refractivity contribution is -0.123. The minimum atomic E-state index is -0.624. The number of pyridine rings is 1. The Morgan fingerprint density at radius 3 is 2.68 bits per heavy atom. The molecule has 2 aromatic rings. The molecule has 6 heteroatoms. The smallest absolute Gasteiger partial charge is 0.253 e. The van der Waals surface area contributed by atoms with E-state index < -0.39 is 6.04 Å². The highest BCUT2D eigenvalue weighted by Crippen LogP contribution is 2.30. The van der Waals surface area contributed by atoms with Crippen LogP contribution in [0.1, 0.15) is 48.0 Å². The van der Waals surface area contributed by atoms with Gasteiger partial charge in [-0.25, -0.2) is 0 Å². The average Bonchev–Trinajstić information content (AvgIpc) is 2.83. The van der Waals surface area contributed by atoms with E-state index in [0.29, 0.717) is 30.5 Å². The Hall–Kier alpha value is -2.73. The van der Waals surface area contributed by atoms with E-state index in [2.05, 4.69) is 20.5 Å². The first-order chi connectivity index (χ1) is 15.2. The van der Waals surface area contributed by atoms with E-state index in [1.165, 1.54) is 45.0 Å². The summed E-state index contributed by atoms with van der Waals surface area (Å²) in [6.45, 7) is 3.05. The Morgan fingerprint density at radius 1 is 1.03 bits per heavy atom. The number of benzene rings is 1. The van der Waals surface area contributed by atoms with E-state index in [0.717, 1.165) is 12.0 Å². The van der Waals surface area contributed by atoms with Crippen LogP contribution < -0.4 is 10.6 Å². The summed E-state index contributed by atoms with van der Waals surface area (Å²) in [7, 11) is 0. The van der Waals surface area contributed by atoms with Crippen molar-refractivity contribution in [2.24, 2.45) is 5.92 Å². The number of rotatable bonds is 7. The molecular formula is C25H32N4O2. The minimum absolute atomic E-state index is 0.117. The van der Waals surface area contributed by atoms with Crippen molar-refractivity contribution >= 4 is 11.8 Å². The van der Waals surface area contributed by atoms with Gasteiger partial charge in [0.05, 0.1) is 5.56 Å². The van der Waals surface area contributed by atoms with Crippen molar-refractivity contribution in [3.05, 3.63) is 66.0 Å². The molecule has 2 aliphatic heterocycles. The van der Waals surface area contributed by atoms with E-state index in [4.69, 9.17) is 0 Å². The van der Waals surface area contributed by atoms with Crippen LogP contribution in [0.4, 0.5) is 0 Å². The molecule has 1 aromatic heterocycles. The lowest BCUT2D eigenvalue weighted by Crippen LogP contribution is -2.53. The van der Waals surface area contributed by atoms with E-state index in [1.807, 2.05) is 30.3 Å². The molecule has 3 heterocycles. The highest BCUT2D eigenvalue weighted by Gasteiger charge is 2.33. The summed E-state index contributed by atoms with van der Waals surface area (Å²) in [5.74, 6) is 0.0960. The molecule has 0 spiro atoms. The zero-order valence-corrected chi connectivity index (χ0v) is 18.0. The molecule has 164 valence electrons. The fourth-order valence-corrected chi connectivity index (χ4v) is 4.97. The predicted molar refractivity (Wildman–Crippen MR) is 121 cm³/mol. The molecule has 1 aromatic carbocycles. The molecule has 4 rings (SSSR count). The molecule has 0 unspecified atom stereocenters. The number of aromatic nitrogens is 1. The topological polar surface area (TPSA) is 74.3 Å². The summed E-state index contributed by atoms with van der Waals surface area (Å²) in [6.07, 6.45) is 9.76. The second-order valence-corrected chi connectivity index (χ2v) is 8.70. The number of hydrogen-bond donors (Lipinski definition) is 2. The number of carbonyl (C=O) groups is 2. The quantitative estimate of drug-likeness (QED) is 0.722. The summed E-state index contributed by atoms with van der Waals surface area (Å²) >= 11 is 0. The molecule has 3 atom stereocenters. The second kappa shape index (κ2) is 10.5. The highest BCUT2D eigenvalue weighted by molar-refractivity contribution is 5.97. The van der Waals surface area contributed by atoms with Crippen molar-refractivity contribution in [1.82, 2.24) is 20.5 Å². The number of fused-ring (bicyclic) bond motifs is 1. The summed E-state index contributed by atoms with van der Waals surface area (Å²) in [6, 6.07) is 13.2. The van der Waals surface area contributed by atoms with E-state index in [1.54, 1.807) is 18.3 Å². The van der Waals surface area contributed by atoms with E-state index >= 15 is 0 Å². The number of carbonyl (C=O) groups excluding carboxylic acids is 2. The van der Waals surface area contributed by atoms with Gasteiger partial charge in [-0.1, -0.05) is 36.8 Å². The number of hydrogen-bond acceptors (Lipinski definition) is 4. The maximum Gasteiger partial charge on any atom is 0.253 e. The third-order valence-corrected chi connectivity index (χ3v) is 6.60. The van der Waals surface area contributed by atoms with E-state index in [9.17, 15) is 9.59 Å². The van der Waals surface area contributed by atoms with Crippen molar-refractivity contribution in [3.8, 4) is 0 Å². The molecule has 0 radical (unpaired) electrons. The summed E-state index contributed by atoms with van der Waals surface area (Å²) in [4.78, 5) is 32.5. The van der Waals surface area contributed by atoms with Crippen molar-refractivity contribution in [1.29, 1.82) is 0 Å². The monoisotopic (exact) mass is 420 g/mol. The van der Waals surface area contributed by atoms with Crippen LogP contribution in [0.25, 0.3) is 0 Å². The first-order valence-corrected chi connectivity index (χ1v) is 11.5. The molecular weight excluding hydrogens is 388 g/mol. The molecule has 0 aliphatic carbocycles. The Bertz CT molecular complexity index is 856. The van der Waals surface area contributed by atoms with Crippen LogP contribution in [0.3, 0.4) is 0 Å². The lowest BCUT2D eigenvalue weighted by Gasteiger charge is -2.44. The SMILES string of the molecule is O=C(N[C@@H](Cc1ccccc1)C(=O)NC[C@H]1CCCN2CCCC[C@H]12)c1cccnc1. The highest BCUT2D eigenvalue weighted by atomic mass is 16.2. The second-order valence-electron chi connectivity index (χ2n) is 8.70. The average molecular weight is 421 g/mol. The minimum Gasteiger partial charge on any atom is -0.354 e. The van der Waals surface area contributed by atoms with Gasteiger partial charge in [0, 0.05) is 31.4 Å². The van der Waals surface area contributed by atoms with Gasteiger partial charge < -0.3 is 15.5 Å². The van der Waals surface area contributed by atoms with Crippen molar-refractivity contribution in [2.45, 2.75) is 50.6 Å². The van der Waals surface area contributed by atoms with Crippen LogP contribution in [0, 0.1) is 5.92 Å². The Balaban J connectivity index is 1.41. The van der Waals surface area contributed by atoms with E-state index in [-0.39, 0.29) is 11.8 Å². The van der Waals surface area contributed by atoms with Crippen LogP contribution in [0.15, 0.2) is 54.9 Å². The van der Waals surface area contributed by atoms with Crippen LogP contribution >= 0.6 is 0 Å². The van der Waals surface area contributed by atoms with Gasteiger partial charge in [-0.2, -0.15) is 0 Å². The number of nitrogens with zero attached hydrogens (tertiary/aromatic N) is 2. The Morgan fingerprint density at radius 2 is 1.87 bits per heavy atom. The van der Waals surface area contributed by atoms with Crippen LogP contribution in [-0.4, -0.2) is 53.4 Å². The Labute approximate surface area is 184 Å². The fourth-order valence-electron chi connectivity index (χ4n) is 4.97. The molecule has 0 bridgehead atoms. The van der Waals surface area contributed by atoms with Crippen LogP contribution in [0.5, 0.6) is 0 Å². The zero-order valence-electron chi connectivity index (χ0n) is 18.0. The number of nitrogens with one attached hydrogen (secondary N) is 2. The summed E-state index contributed by atoms with van der Waals surface area (Å²) in [5, 5.41) is 6.09. The zero-order chi connectivity index (χ0) is 21.5. The molecule has 2 fully saturated rings. The Kier molecular flexibility index (Phi) is 7.30. The van der Waals surface area contributed by atoms with Crippen LogP contribution in [-0.2, 0) is 11.2 Å². The lowest BCUT2D eigenvalue weighted by atomic mass is 9.83. The third-order valence-electron chi connectivity index (χ3n) is 6.60. The van der Waals surface area contributed by atoms with Gasteiger partial charge in [-0.3, -0.25) is 14.6 Å². The van der Waals surface area contributed by atoms with Gasteiger partial charge in [-0.05, 0) is 62.4 Å². The molecule has 2 amide bonds. The fraction of sp³-hybridized carbons (Fsp3) is 0.480. The van der Waals surface area contributed by atoms with Gasteiger partial charge in [0.15, 0.2) is 0 Å². The maximum atomic E-state index is 13.2. The number of amides is 2. The van der Waals surface area contributed by atoms with Crippen molar-refractivity contribution < 1.29 is 9.59 Å². The van der Waals surface area contributed by atoms with Crippen molar-refractivity contribution in [2.75, 3.05) is 19.6 Å². The molecule has 6 nitrogen and oxygen atoms in total. The standard InChI is InChI=1S/C25H32N4O2/c30-24(21-10-6-13-26-17-21)28-22(16-19-8-2-1-3-9-19)25(31)27-18-20-11-7-15-29-14-5-4-12-23(20)29/h1-3,6,8-10,13,17,20,22-23H,4-5,7,11-12,14-16,18H2,(H,27,31)(H,28,30)/t20-,22+,23-/m1/s1. The first kappa shape index (κ1) is 21.5. The molecule has 2 N–H and O–H groups in total. The largest absolute Gasteiger partial charge is 0.354 e. The normalized spacial score (nSPS) is 22.2. The van der Waals surface area contributed by atoms with Gasteiger partial charge in [0.25, 0.3) is 5.91 Å². The van der Waals surface area contributed by atoms with Crippen LogP contribution in [0.2, 0.25) is 0 Å².